The number of carbonyl (C=O) groups excluding carboxylic acids is 1. The van der Waals surface area contributed by atoms with Gasteiger partial charge >= 0.3 is 0 Å². The van der Waals surface area contributed by atoms with Crippen molar-refractivity contribution in [3.63, 3.8) is 0 Å². The average molecular weight is 339 g/mol. The van der Waals surface area contributed by atoms with Gasteiger partial charge in [0.1, 0.15) is 18.3 Å². The van der Waals surface area contributed by atoms with Gasteiger partial charge in [0.15, 0.2) is 5.65 Å². The molecule has 1 amide bonds. The van der Waals surface area contributed by atoms with Crippen molar-refractivity contribution in [3.05, 3.63) is 58.8 Å². The number of hydrogen-bond acceptors (Lipinski definition) is 4. The number of amides is 1. The van der Waals surface area contributed by atoms with Crippen LogP contribution in [-0.4, -0.2) is 25.2 Å². The highest BCUT2D eigenvalue weighted by Gasteiger charge is 2.19. The quantitative estimate of drug-likeness (QED) is 0.766. The fourth-order valence-corrected chi connectivity index (χ4v) is 2.85. The first-order valence-electron chi connectivity index (χ1n) is 8.19. The van der Waals surface area contributed by atoms with Crippen molar-refractivity contribution < 1.29 is 4.79 Å². The number of nitrogens with zero attached hydrogens (tertiary/aromatic N) is 4. The standard InChI is InChI=1S/C18H21N5O2/c1-12(2)16(13-7-5-4-6-8-13)21-15(24)10-23-11-19-17-14(18(23)25)9-20-22(17)3/h4-9,11-12,16H,10H2,1-3H3,(H,21,24). The van der Waals surface area contributed by atoms with Gasteiger partial charge in [0.2, 0.25) is 5.91 Å². The second-order valence-electron chi connectivity index (χ2n) is 6.38. The van der Waals surface area contributed by atoms with Crippen LogP contribution in [0.2, 0.25) is 0 Å². The molecule has 2 aromatic heterocycles. The minimum absolute atomic E-state index is 0.0767. The zero-order valence-electron chi connectivity index (χ0n) is 14.5. The molecule has 7 nitrogen and oxygen atoms in total. The highest BCUT2D eigenvalue weighted by molar-refractivity contribution is 5.77. The molecule has 1 aromatic carbocycles. The largest absolute Gasteiger partial charge is 0.347 e. The van der Waals surface area contributed by atoms with Crippen LogP contribution < -0.4 is 10.9 Å². The molecule has 3 rings (SSSR count). The lowest BCUT2D eigenvalue weighted by atomic mass is 9.96. The number of benzene rings is 1. The van der Waals surface area contributed by atoms with Crippen molar-refractivity contribution >= 4 is 16.9 Å². The van der Waals surface area contributed by atoms with Gasteiger partial charge in [-0.05, 0) is 11.5 Å². The van der Waals surface area contributed by atoms with Crippen molar-refractivity contribution in [1.82, 2.24) is 24.6 Å². The van der Waals surface area contributed by atoms with Gasteiger partial charge < -0.3 is 5.32 Å². The second kappa shape index (κ2) is 6.88. The highest BCUT2D eigenvalue weighted by Crippen LogP contribution is 2.21. The summed E-state index contributed by atoms with van der Waals surface area (Å²) in [4.78, 5) is 29.1. The number of nitrogens with one attached hydrogen (secondary N) is 1. The van der Waals surface area contributed by atoms with Crippen LogP contribution >= 0.6 is 0 Å². The number of fused-ring (bicyclic) bond motifs is 1. The molecule has 2 heterocycles. The van der Waals surface area contributed by atoms with Crippen LogP contribution in [0.1, 0.15) is 25.5 Å². The van der Waals surface area contributed by atoms with Gasteiger partial charge in [-0.3, -0.25) is 18.8 Å². The lowest BCUT2D eigenvalue weighted by molar-refractivity contribution is -0.122. The SMILES string of the molecule is CC(C)C(NC(=O)Cn1cnc2c(cnn2C)c1=O)c1ccccc1. The number of aromatic nitrogens is 4. The summed E-state index contributed by atoms with van der Waals surface area (Å²) in [6.45, 7) is 4.02. The second-order valence-corrected chi connectivity index (χ2v) is 6.38. The molecule has 0 saturated heterocycles. The molecule has 130 valence electrons. The maximum atomic E-state index is 12.5. The summed E-state index contributed by atoms with van der Waals surface area (Å²) >= 11 is 0. The molecule has 0 radical (unpaired) electrons. The summed E-state index contributed by atoms with van der Waals surface area (Å²) in [6.07, 6.45) is 2.86. The van der Waals surface area contributed by atoms with Crippen LogP contribution in [0.15, 0.2) is 47.7 Å². The summed E-state index contributed by atoms with van der Waals surface area (Å²) in [5, 5.41) is 7.45. The topological polar surface area (TPSA) is 81.8 Å². The maximum Gasteiger partial charge on any atom is 0.264 e. The Balaban J connectivity index is 1.80. The third kappa shape index (κ3) is 3.45. The molecule has 7 heteroatoms. The maximum absolute atomic E-state index is 12.5. The molecule has 0 aliphatic rings. The van der Waals surface area contributed by atoms with Crippen LogP contribution in [0.3, 0.4) is 0 Å². The highest BCUT2D eigenvalue weighted by atomic mass is 16.2. The fourth-order valence-electron chi connectivity index (χ4n) is 2.85. The molecule has 0 aliphatic heterocycles. The molecule has 0 saturated carbocycles. The lowest BCUT2D eigenvalue weighted by Gasteiger charge is -2.23. The predicted molar refractivity (Wildman–Crippen MR) is 94.9 cm³/mol. The third-order valence-corrected chi connectivity index (χ3v) is 4.17. The Bertz CT molecular complexity index is 943. The summed E-state index contributed by atoms with van der Waals surface area (Å²) in [5.74, 6) is -0.00306. The molecule has 1 N–H and O–H groups in total. The molecule has 1 unspecified atom stereocenters. The molecule has 0 bridgehead atoms. The summed E-state index contributed by atoms with van der Waals surface area (Å²) in [7, 11) is 1.72. The van der Waals surface area contributed by atoms with Crippen molar-refractivity contribution in [3.8, 4) is 0 Å². The Labute approximate surface area is 145 Å². The van der Waals surface area contributed by atoms with Gasteiger partial charge in [0.25, 0.3) is 5.56 Å². The van der Waals surface area contributed by atoms with E-state index in [1.165, 1.54) is 21.8 Å². The van der Waals surface area contributed by atoms with E-state index >= 15 is 0 Å². The van der Waals surface area contributed by atoms with Gasteiger partial charge in [-0.15, -0.1) is 0 Å². The smallest absolute Gasteiger partial charge is 0.264 e. The minimum atomic E-state index is -0.269. The first-order chi connectivity index (χ1) is 12.0. The molecular weight excluding hydrogens is 318 g/mol. The van der Waals surface area contributed by atoms with Gasteiger partial charge in [-0.2, -0.15) is 5.10 Å². The van der Waals surface area contributed by atoms with Crippen molar-refractivity contribution in [2.45, 2.75) is 26.4 Å². The third-order valence-electron chi connectivity index (χ3n) is 4.17. The number of rotatable bonds is 5. The molecular formula is C18H21N5O2. The van der Waals surface area contributed by atoms with Crippen molar-refractivity contribution in [1.29, 1.82) is 0 Å². The van der Waals surface area contributed by atoms with E-state index in [1.54, 1.807) is 7.05 Å². The summed E-state index contributed by atoms with van der Waals surface area (Å²) < 4.78 is 2.84. The Morgan fingerprint density at radius 3 is 2.64 bits per heavy atom. The molecule has 0 aliphatic carbocycles. The van der Waals surface area contributed by atoms with Crippen molar-refractivity contribution in [2.75, 3.05) is 0 Å². The van der Waals surface area contributed by atoms with Crippen molar-refractivity contribution in [2.24, 2.45) is 13.0 Å². The van der Waals surface area contributed by atoms with E-state index in [2.05, 4.69) is 15.4 Å². The van der Waals surface area contributed by atoms with E-state index in [1.807, 2.05) is 44.2 Å². The first kappa shape index (κ1) is 16.9. The molecule has 0 fully saturated rings. The van der Waals surface area contributed by atoms with Gasteiger partial charge in [-0.25, -0.2) is 4.98 Å². The van der Waals surface area contributed by atoms with E-state index in [9.17, 15) is 9.59 Å². The van der Waals surface area contributed by atoms with Gasteiger partial charge in [0, 0.05) is 7.05 Å². The molecule has 1 atom stereocenters. The Morgan fingerprint density at radius 2 is 1.96 bits per heavy atom. The lowest BCUT2D eigenvalue weighted by Crippen LogP contribution is -2.36. The van der Waals surface area contributed by atoms with Crippen LogP contribution in [0, 0.1) is 5.92 Å². The van der Waals surface area contributed by atoms with Crippen LogP contribution in [-0.2, 0) is 18.4 Å². The molecule has 3 aromatic rings. The Kier molecular flexibility index (Phi) is 4.65. The van der Waals surface area contributed by atoms with Crippen LogP contribution in [0.4, 0.5) is 0 Å². The van der Waals surface area contributed by atoms with E-state index in [0.717, 1.165) is 5.56 Å². The first-order valence-corrected chi connectivity index (χ1v) is 8.19. The zero-order valence-corrected chi connectivity index (χ0v) is 14.5. The Hall–Kier alpha value is -2.96. The zero-order chi connectivity index (χ0) is 18.0. The Morgan fingerprint density at radius 1 is 1.24 bits per heavy atom. The van der Waals surface area contributed by atoms with E-state index < -0.39 is 0 Å². The van der Waals surface area contributed by atoms with Crippen LogP contribution in [0.5, 0.6) is 0 Å². The molecule has 25 heavy (non-hydrogen) atoms. The number of carbonyl (C=O) groups is 1. The minimum Gasteiger partial charge on any atom is -0.347 e. The van der Waals surface area contributed by atoms with Gasteiger partial charge in [-0.1, -0.05) is 44.2 Å². The summed E-state index contributed by atoms with van der Waals surface area (Å²) in [5.41, 5.74) is 1.28. The molecule has 0 spiro atoms. The van der Waals surface area contributed by atoms with E-state index in [4.69, 9.17) is 0 Å². The normalized spacial score (nSPS) is 12.5. The summed E-state index contributed by atoms with van der Waals surface area (Å²) in [6, 6.07) is 9.69. The fraction of sp³-hybridized carbons (Fsp3) is 0.333. The number of hydrogen-bond donors (Lipinski definition) is 1. The number of aryl methyl sites for hydroxylation is 1. The van der Waals surface area contributed by atoms with Gasteiger partial charge in [0.05, 0.1) is 12.2 Å². The van der Waals surface area contributed by atoms with E-state index in [0.29, 0.717) is 11.0 Å². The average Bonchev–Trinajstić information content (AvgIpc) is 2.97. The van der Waals surface area contributed by atoms with E-state index in [-0.39, 0.29) is 30.0 Å². The van der Waals surface area contributed by atoms with Crippen LogP contribution in [0.25, 0.3) is 11.0 Å². The predicted octanol–water partition coefficient (Wildman–Crippen LogP) is 1.64. The monoisotopic (exact) mass is 339 g/mol.